The van der Waals surface area contributed by atoms with Gasteiger partial charge in [-0.15, -0.1) is 0 Å². The summed E-state index contributed by atoms with van der Waals surface area (Å²) in [6.07, 6.45) is 3.22. The van der Waals surface area contributed by atoms with Crippen LogP contribution in [0.3, 0.4) is 0 Å². The highest BCUT2D eigenvalue weighted by Crippen LogP contribution is 2.33. The van der Waals surface area contributed by atoms with Crippen LogP contribution in [0.25, 0.3) is 11.8 Å². The van der Waals surface area contributed by atoms with Crippen molar-refractivity contribution in [3.05, 3.63) is 119 Å². The number of carbonyl (C=O) groups excluding carboxylic acids is 1. The van der Waals surface area contributed by atoms with Crippen molar-refractivity contribution < 1.29 is 19.4 Å². The number of aryl methyl sites for hydroxylation is 1. The van der Waals surface area contributed by atoms with Gasteiger partial charge >= 0.3 is 11.9 Å². The van der Waals surface area contributed by atoms with Gasteiger partial charge in [0.15, 0.2) is 4.80 Å². The van der Waals surface area contributed by atoms with E-state index in [0.29, 0.717) is 32.9 Å². The van der Waals surface area contributed by atoms with Crippen LogP contribution >= 0.6 is 11.3 Å². The Morgan fingerprint density at radius 1 is 1.09 bits per heavy atom. The molecule has 0 radical (unpaired) electrons. The van der Waals surface area contributed by atoms with Crippen LogP contribution in [0.2, 0.25) is 0 Å². The van der Waals surface area contributed by atoms with Gasteiger partial charge in [-0.3, -0.25) is 9.36 Å². The zero-order valence-corrected chi connectivity index (χ0v) is 26.7. The first-order valence-electron chi connectivity index (χ1n) is 14.9. The third-order valence-corrected chi connectivity index (χ3v) is 8.90. The maximum absolute atomic E-state index is 14.2. The van der Waals surface area contributed by atoms with Crippen molar-refractivity contribution >= 4 is 29.4 Å². The Hall–Kier alpha value is -4.50. The Kier molecular flexibility index (Phi) is 8.87. The molecule has 44 heavy (non-hydrogen) atoms. The molecule has 9 heteroatoms. The number of hydrogen-bond donors (Lipinski definition) is 1. The summed E-state index contributed by atoms with van der Waals surface area (Å²) in [6, 6.07) is 16.2. The lowest BCUT2D eigenvalue weighted by Crippen LogP contribution is -2.40. The Labute approximate surface area is 260 Å². The summed E-state index contributed by atoms with van der Waals surface area (Å²) in [5, 5.41) is 9.49. The molecule has 0 aliphatic carbocycles. The van der Waals surface area contributed by atoms with Crippen molar-refractivity contribution in [2.75, 3.05) is 6.61 Å². The fourth-order valence-corrected chi connectivity index (χ4v) is 6.76. The van der Waals surface area contributed by atoms with E-state index in [9.17, 15) is 19.5 Å². The number of carbonyl (C=O) groups is 2. The number of nitrogens with zero attached hydrogens (tertiary/aromatic N) is 3. The molecule has 0 amide bonds. The van der Waals surface area contributed by atoms with E-state index in [-0.39, 0.29) is 17.7 Å². The van der Waals surface area contributed by atoms with Crippen LogP contribution < -0.4 is 14.9 Å². The normalized spacial score (nSPS) is 15.0. The standard InChI is InChI=1S/C35H37N3O5S/c1-7-10-28-30(34(42)43-8-2)31(24-15-13-23(14-16-24)20(3)4)38-32(39)29(44-35(38)36-28)19-26-17-21(5)37(22(26)6)27-12-9-11-25(18-27)33(40)41/h9,11-20,31H,7-8,10H2,1-6H3,(H,40,41)/b29-19-/t31-/m0/s1. The maximum Gasteiger partial charge on any atom is 0.338 e. The van der Waals surface area contributed by atoms with Crippen LogP contribution in [0.5, 0.6) is 0 Å². The molecule has 1 atom stereocenters. The maximum atomic E-state index is 14.2. The van der Waals surface area contributed by atoms with E-state index < -0.39 is 18.0 Å². The number of carboxylic acid groups (broad SMARTS) is 1. The minimum atomic E-state index is -0.992. The summed E-state index contributed by atoms with van der Waals surface area (Å²) in [6.45, 7) is 12.2. The molecule has 0 spiro atoms. The van der Waals surface area contributed by atoms with Crippen molar-refractivity contribution in [1.82, 2.24) is 9.13 Å². The van der Waals surface area contributed by atoms with Crippen molar-refractivity contribution in [3.63, 3.8) is 0 Å². The first-order chi connectivity index (χ1) is 21.0. The quantitative estimate of drug-likeness (QED) is 0.241. The minimum absolute atomic E-state index is 0.201. The zero-order chi connectivity index (χ0) is 31.7. The van der Waals surface area contributed by atoms with Crippen LogP contribution in [-0.4, -0.2) is 32.8 Å². The van der Waals surface area contributed by atoms with E-state index in [2.05, 4.69) is 13.8 Å². The lowest BCUT2D eigenvalue weighted by molar-refractivity contribution is -0.139. The molecule has 0 bridgehead atoms. The summed E-state index contributed by atoms with van der Waals surface area (Å²) in [7, 11) is 0. The van der Waals surface area contributed by atoms with Gasteiger partial charge in [-0.05, 0) is 80.1 Å². The van der Waals surface area contributed by atoms with E-state index in [1.807, 2.05) is 67.8 Å². The summed E-state index contributed by atoms with van der Waals surface area (Å²) >= 11 is 1.30. The number of aromatic carboxylic acids is 1. The number of ether oxygens (including phenoxy) is 1. The molecular formula is C35H37N3O5S. The number of rotatable bonds is 9. The van der Waals surface area contributed by atoms with Gasteiger partial charge in [-0.25, -0.2) is 14.6 Å². The van der Waals surface area contributed by atoms with Crippen LogP contribution in [0, 0.1) is 13.8 Å². The molecule has 0 fully saturated rings. The van der Waals surface area contributed by atoms with E-state index >= 15 is 0 Å². The number of carboxylic acids is 1. The first-order valence-corrected chi connectivity index (χ1v) is 15.7. The highest BCUT2D eigenvalue weighted by atomic mass is 32.1. The largest absolute Gasteiger partial charge is 0.478 e. The predicted octanol–water partition coefficient (Wildman–Crippen LogP) is 5.81. The van der Waals surface area contributed by atoms with Gasteiger partial charge in [0.05, 0.1) is 34.0 Å². The Morgan fingerprint density at radius 3 is 2.45 bits per heavy atom. The zero-order valence-electron chi connectivity index (χ0n) is 25.9. The molecule has 228 valence electrons. The summed E-state index contributed by atoms with van der Waals surface area (Å²) in [5.41, 5.74) is 6.35. The topological polar surface area (TPSA) is 103 Å². The number of hydrogen-bond acceptors (Lipinski definition) is 6. The second-order valence-corrected chi connectivity index (χ2v) is 12.3. The van der Waals surface area contributed by atoms with Gasteiger partial charge in [0, 0.05) is 17.1 Å². The summed E-state index contributed by atoms with van der Waals surface area (Å²) in [5.74, 6) is -1.11. The van der Waals surface area contributed by atoms with Crippen LogP contribution in [0.1, 0.15) is 90.9 Å². The van der Waals surface area contributed by atoms with Gasteiger partial charge < -0.3 is 14.4 Å². The molecule has 0 saturated heterocycles. The molecule has 5 rings (SSSR count). The van der Waals surface area contributed by atoms with E-state index in [4.69, 9.17) is 9.73 Å². The number of allylic oxidation sites excluding steroid dienone is 1. The number of benzene rings is 2. The van der Waals surface area contributed by atoms with Crippen molar-refractivity contribution in [2.24, 2.45) is 4.99 Å². The predicted molar refractivity (Wildman–Crippen MR) is 172 cm³/mol. The van der Waals surface area contributed by atoms with Gasteiger partial charge in [-0.1, -0.05) is 68.9 Å². The smallest absolute Gasteiger partial charge is 0.338 e. The van der Waals surface area contributed by atoms with E-state index in [1.54, 1.807) is 29.7 Å². The monoisotopic (exact) mass is 611 g/mol. The van der Waals surface area contributed by atoms with E-state index in [1.165, 1.54) is 16.9 Å². The van der Waals surface area contributed by atoms with Gasteiger partial charge in [0.1, 0.15) is 0 Å². The number of thiazole rings is 1. The number of fused-ring (bicyclic) bond motifs is 1. The Morgan fingerprint density at radius 2 is 1.82 bits per heavy atom. The van der Waals surface area contributed by atoms with Crippen LogP contribution in [0.4, 0.5) is 0 Å². The average Bonchev–Trinajstić information content (AvgIpc) is 3.46. The molecule has 0 unspecified atom stereocenters. The molecule has 0 saturated carbocycles. The fourth-order valence-electron chi connectivity index (χ4n) is 5.75. The highest BCUT2D eigenvalue weighted by molar-refractivity contribution is 7.07. The molecule has 1 N–H and O–H groups in total. The summed E-state index contributed by atoms with van der Waals surface area (Å²) in [4.78, 5) is 44.6. The molecule has 4 aromatic rings. The Balaban J connectivity index is 1.70. The first kappa shape index (κ1) is 30.9. The Bertz CT molecular complexity index is 1960. The molecule has 1 aliphatic rings. The van der Waals surface area contributed by atoms with Crippen LogP contribution in [0.15, 0.2) is 75.7 Å². The van der Waals surface area contributed by atoms with E-state index in [0.717, 1.165) is 34.6 Å². The molecule has 2 aromatic carbocycles. The second-order valence-electron chi connectivity index (χ2n) is 11.3. The summed E-state index contributed by atoms with van der Waals surface area (Å²) < 4.78 is 9.61. The highest BCUT2D eigenvalue weighted by Gasteiger charge is 2.34. The molecule has 3 heterocycles. The third kappa shape index (κ3) is 5.71. The van der Waals surface area contributed by atoms with Crippen LogP contribution in [-0.2, 0) is 9.53 Å². The van der Waals surface area contributed by atoms with Gasteiger partial charge in [0.2, 0.25) is 0 Å². The SMILES string of the molecule is CCCC1=C(C(=O)OCC)[C@H](c2ccc(C(C)C)cc2)n2c(s/c(=C\c3cc(C)n(-c4cccc(C(=O)O)c4)c3C)c2=O)=N1. The van der Waals surface area contributed by atoms with Gasteiger partial charge in [-0.2, -0.15) is 0 Å². The number of aromatic nitrogens is 2. The lowest BCUT2D eigenvalue weighted by atomic mass is 9.92. The molecule has 1 aliphatic heterocycles. The van der Waals surface area contributed by atoms with Crippen molar-refractivity contribution in [3.8, 4) is 5.69 Å². The molecule has 8 nitrogen and oxygen atoms in total. The average molecular weight is 612 g/mol. The number of esters is 1. The molecular weight excluding hydrogens is 574 g/mol. The molecule has 2 aromatic heterocycles. The van der Waals surface area contributed by atoms with Crippen molar-refractivity contribution in [1.29, 1.82) is 0 Å². The minimum Gasteiger partial charge on any atom is -0.478 e. The van der Waals surface area contributed by atoms with Crippen molar-refractivity contribution in [2.45, 2.75) is 66.3 Å². The van der Waals surface area contributed by atoms with Gasteiger partial charge in [0.25, 0.3) is 5.56 Å². The fraction of sp³-hybridized carbons (Fsp3) is 0.314. The second kappa shape index (κ2) is 12.6. The third-order valence-electron chi connectivity index (χ3n) is 7.92. The lowest BCUT2D eigenvalue weighted by Gasteiger charge is -2.26.